The van der Waals surface area contributed by atoms with Crippen LogP contribution in [0.4, 0.5) is 10.1 Å². The Bertz CT molecular complexity index is 645. The Morgan fingerprint density at radius 2 is 2.08 bits per heavy atom. The Hall–Kier alpha value is -1.95. The molecular weight excluding hydrogens is 311 g/mol. The Kier molecular flexibility index (Phi) is 4.85. The number of hydrogen-bond acceptors (Lipinski definition) is 3. The summed E-state index contributed by atoms with van der Waals surface area (Å²) in [6.45, 7) is 1.99. The van der Waals surface area contributed by atoms with Crippen molar-refractivity contribution >= 4 is 17.5 Å². The van der Waals surface area contributed by atoms with Crippen LogP contribution in [0.3, 0.4) is 0 Å². The second kappa shape index (κ2) is 6.89. The topological polar surface area (TPSA) is 78.4 Å². The molecule has 0 aromatic heterocycles. The van der Waals surface area contributed by atoms with E-state index in [1.165, 1.54) is 12.1 Å². The van der Waals surface area contributed by atoms with Crippen LogP contribution < -0.4 is 10.6 Å². The van der Waals surface area contributed by atoms with Gasteiger partial charge in [0.05, 0.1) is 11.3 Å². The van der Waals surface area contributed by atoms with Crippen molar-refractivity contribution in [3.63, 3.8) is 0 Å². The van der Waals surface area contributed by atoms with E-state index in [0.717, 1.165) is 25.3 Å². The Morgan fingerprint density at radius 3 is 2.67 bits per heavy atom. The molecule has 0 bridgehead atoms. The highest BCUT2D eigenvalue weighted by Crippen LogP contribution is 2.39. The third kappa shape index (κ3) is 3.93. The first kappa shape index (κ1) is 16.9. The number of hydrogen-bond donors (Lipinski definition) is 3. The highest BCUT2D eigenvalue weighted by molar-refractivity contribution is 6.04. The Morgan fingerprint density at radius 1 is 1.38 bits per heavy atom. The largest absolute Gasteiger partial charge is 0.396 e. The van der Waals surface area contributed by atoms with Crippen LogP contribution in [0.5, 0.6) is 0 Å². The standard InChI is InChI=1S/C18H23FN2O3/c1-10-8-13(10)17(23)21-16-5-4-12(19)9-14(16)18(24)20-15(6-7-22)11-2-3-11/h4-5,9-11,13,15,22H,2-3,6-8H2,1H3,(H,20,24)(H,21,23). The van der Waals surface area contributed by atoms with Gasteiger partial charge in [0.15, 0.2) is 0 Å². The number of rotatable bonds is 7. The molecule has 24 heavy (non-hydrogen) atoms. The number of carbonyl (C=O) groups excluding carboxylic acids is 2. The second-order valence-corrected chi connectivity index (χ2v) is 6.93. The van der Waals surface area contributed by atoms with Gasteiger partial charge in [0.25, 0.3) is 5.91 Å². The van der Waals surface area contributed by atoms with Gasteiger partial charge in [0, 0.05) is 18.6 Å². The predicted molar refractivity (Wildman–Crippen MR) is 88.0 cm³/mol. The third-order valence-corrected chi connectivity index (χ3v) is 4.88. The van der Waals surface area contributed by atoms with Crippen molar-refractivity contribution in [1.29, 1.82) is 0 Å². The summed E-state index contributed by atoms with van der Waals surface area (Å²) in [5, 5.41) is 14.8. The van der Waals surface area contributed by atoms with Crippen molar-refractivity contribution < 1.29 is 19.1 Å². The van der Waals surface area contributed by atoms with Gasteiger partial charge in [-0.15, -0.1) is 0 Å². The molecule has 0 radical (unpaired) electrons. The van der Waals surface area contributed by atoms with Gasteiger partial charge in [0.1, 0.15) is 5.82 Å². The summed E-state index contributed by atoms with van der Waals surface area (Å²) >= 11 is 0. The first-order valence-electron chi connectivity index (χ1n) is 8.51. The molecule has 1 aromatic rings. The first-order valence-corrected chi connectivity index (χ1v) is 8.51. The molecule has 3 N–H and O–H groups in total. The van der Waals surface area contributed by atoms with Crippen LogP contribution in [0.15, 0.2) is 18.2 Å². The molecule has 1 aromatic carbocycles. The maximum Gasteiger partial charge on any atom is 0.253 e. The van der Waals surface area contributed by atoms with Gasteiger partial charge >= 0.3 is 0 Å². The first-order chi connectivity index (χ1) is 11.5. The SMILES string of the molecule is CC1CC1C(=O)Nc1ccc(F)cc1C(=O)NC(CCO)C1CC1. The fourth-order valence-electron chi connectivity index (χ4n) is 3.04. The molecule has 0 heterocycles. The van der Waals surface area contributed by atoms with Gasteiger partial charge in [-0.2, -0.15) is 0 Å². The molecule has 3 unspecified atom stereocenters. The van der Waals surface area contributed by atoms with E-state index in [-0.39, 0.29) is 30.0 Å². The number of nitrogens with one attached hydrogen (secondary N) is 2. The minimum Gasteiger partial charge on any atom is -0.396 e. The van der Waals surface area contributed by atoms with Gasteiger partial charge < -0.3 is 15.7 Å². The highest BCUT2D eigenvalue weighted by atomic mass is 19.1. The maximum atomic E-state index is 13.6. The third-order valence-electron chi connectivity index (χ3n) is 4.88. The second-order valence-electron chi connectivity index (χ2n) is 6.93. The van der Waals surface area contributed by atoms with Gasteiger partial charge in [-0.05, 0) is 55.7 Å². The van der Waals surface area contributed by atoms with Gasteiger partial charge in [0.2, 0.25) is 5.91 Å². The van der Waals surface area contributed by atoms with Crippen molar-refractivity contribution in [3.8, 4) is 0 Å². The highest BCUT2D eigenvalue weighted by Gasteiger charge is 2.39. The number of aliphatic hydroxyl groups excluding tert-OH is 1. The number of carbonyl (C=O) groups is 2. The number of aliphatic hydroxyl groups is 1. The van der Waals surface area contributed by atoms with Crippen LogP contribution in [0.2, 0.25) is 0 Å². The van der Waals surface area contributed by atoms with Crippen molar-refractivity contribution in [2.45, 2.75) is 38.6 Å². The zero-order valence-electron chi connectivity index (χ0n) is 13.7. The van der Waals surface area contributed by atoms with E-state index in [2.05, 4.69) is 10.6 Å². The van der Waals surface area contributed by atoms with E-state index in [1.54, 1.807) is 0 Å². The van der Waals surface area contributed by atoms with Crippen LogP contribution in [0, 0.1) is 23.6 Å². The normalized spacial score (nSPS) is 23.5. The van der Waals surface area contributed by atoms with Crippen molar-refractivity contribution in [2.24, 2.45) is 17.8 Å². The van der Waals surface area contributed by atoms with Gasteiger partial charge in [-0.25, -0.2) is 4.39 Å². The van der Waals surface area contributed by atoms with Crippen LogP contribution in [0.1, 0.15) is 43.0 Å². The van der Waals surface area contributed by atoms with Crippen LogP contribution in [-0.4, -0.2) is 29.6 Å². The summed E-state index contributed by atoms with van der Waals surface area (Å²) < 4.78 is 13.6. The number of benzene rings is 1. The van der Waals surface area contributed by atoms with Gasteiger partial charge in [-0.3, -0.25) is 9.59 Å². The number of halogens is 1. The molecule has 6 heteroatoms. The smallest absolute Gasteiger partial charge is 0.253 e. The summed E-state index contributed by atoms with van der Waals surface area (Å²) in [5.74, 6) is -0.370. The lowest BCUT2D eigenvalue weighted by atomic mass is 10.1. The molecule has 5 nitrogen and oxygen atoms in total. The minimum absolute atomic E-state index is 0.00619. The van der Waals surface area contributed by atoms with Crippen molar-refractivity contribution in [3.05, 3.63) is 29.6 Å². The summed E-state index contributed by atoms with van der Waals surface area (Å²) in [7, 11) is 0. The fourth-order valence-corrected chi connectivity index (χ4v) is 3.04. The van der Waals surface area contributed by atoms with E-state index >= 15 is 0 Å². The molecule has 3 atom stereocenters. The lowest BCUT2D eigenvalue weighted by Crippen LogP contribution is -2.37. The average Bonchev–Trinajstić information content (AvgIpc) is 3.44. The van der Waals surface area contributed by atoms with Crippen molar-refractivity contribution in [1.82, 2.24) is 5.32 Å². The van der Waals surface area contributed by atoms with E-state index in [9.17, 15) is 14.0 Å². The summed E-state index contributed by atoms with van der Waals surface area (Å²) in [6, 6.07) is 3.68. The maximum absolute atomic E-state index is 13.6. The fraction of sp³-hybridized carbons (Fsp3) is 0.556. The Balaban J connectivity index is 1.73. The average molecular weight is 334 g/mol. The molecular formula is C18H23FN2O3. The van der Waals surface area contributed by atoms with Crippen LogP contribution in [-0.2, 0) is 4.79 Å². The van der Waals surface area contributed by atoms with Crippen LogP contribution in [0.25, 0.3) is 0 Å². The molecule has 130 valence electrons. The van der Waals surface area contributed by atoms with Crippen molar-refractivity contribution in [2.75, 3.05) is 11.9 Å². The number of anilines is 1. The summed E-state index contributed by atoms with van der Waals surface area (Å²) in [4.78, 5) is 24.7. The molecule has 0 spiro atoms. The zero-order valence-corrected chi connectivity index (χ0v) is 13.7. The summed E-state index contributed by atoms with van der Waals surface area (Å²) in [6.07, 6.45) is 3.37. The Labute approximate surface area is 140 Å². The predicted octanol–water partition coefficient (Wildman–Crippen LogP) is 2.31. The lowest BCUT2D eigenvalue weighted by Gasteiger charge is -2.18. The molecule has 2 aliphatic rings. The van der Waals surface area contributed by atoms with E-state index < -0.39 is 11.7 Å². The van der Waals surface area contributed by atoms with E-state index in [0.29, 0.717) is 23.9 Å². The monoisotopic (exact) mass is 334 g/mol. The summed E-state index contributed by atoms with van der Waals surface area (Å²) in [5.41, 5.74) is 0.455. The molecule has 2 amide bonds. The molecule has 3 rings (SSSR count). The molecule has 2 aliphatic carbocycles. The van der Waals surface area contributed by atoms with Gasteiger partial charge in [-0.1, -0.05) is 6.92 Å². The van der Waals surface area contributed by atoms with E-state index in [4.69, 9.17) is 5.11 Å². The zero-order chi connectivity index (χ0) is 17.3. The lowest BCUT2D eigenvalue weighted by molar-refractivity contribution is -0.117. The molecule has 2 fully saturated rings. The quantitative estimate of drug-likeness (QED) is 0.716. The van der Waals surface area contributed by atoms with Crippen LogP contribution >= 0.6 is 0 Å². The molecule has 0 saturated heterocycles. The molecule has 0 aliphatic heterocycles. The minimum atomic E-state index is -0.525. The molecule has 2 saturated carbocycles. The van der Waals surface area contributed by atoms with E-state index in [1.807, 2.05) is 6.92 Å². The number of amides is 2.